The van der Waals surface area contributed by atoms with E-state index in [1.807, 2.05) is 28.9 Å². The van der Waals surface area contributed by atoms with Gasteiger partial charge in [0.1, 0.15) is 15.2 Å². The Morgan fingerprint density at radius 3 is 2.22 bits per heavy atom. The molecule has 4 nitrogen and oxygen atoms in total. The van der Waals surface area contributed by atoms with E-state index in [2.05, 4.69) is 37.5 Å². The summed E-state index contributed by atoms with van der Waals surface area (Å²) in [5, 5.41) is 0. The molecular formula is C17H10FIN4. The second kappa shape index (κ2) is 5.69. The molecule has 3 heterocycles. The van der Waals surface area contributed by atoms with Crippen LogP contribution in [0.15, 0.2) is 61.2 Å². The van der Waals surface area contributed by atoms with Crippen LogP contribution < -0.4 is 0 Å². The van der Waals surface area contributed by atoms with Gasteiger partial charge < -0.3 is 0 Å². The Kier molecular flexibility index (Phi) is 3.53. The third kappa shape index (κ3) is 2.59. The predicted octanol–water partition coefficient (Wildman–Crippen LogP) is 4.20. The number of benzene rings is 1. The molecule has 1 aromatic carbocycles. The van der Waals surface area contributed by atoms with E-state index in [9.17, 15) is 4.39 Å². The topological polar surface area (TPSA) is 43.1 Å². The van der Waals surface area contributed by atoms with Gasteiger partial charge in [0.2, 0.25) is 0 Å². The lowest BCUT2D eigenvalue weighted by Gasteiger charge is -2.08. The zero-order valence-electron chi connectivity index (χ0n) is 11.8. The van der Waals surface area contributed by atoms with Crippen LogP contribution in [0.4, 0.5) is 4.39 Å². The number of imidazole rings is 1. The lowest BCUT2D eigenvalue weighted by atomic mass is 10.1. The maximum Gasteiger partial charge on any atom is 0.137 e. The van der Waals surface area contributed by atoms with Crippen molar-refractivity contribution in [1.29, 1.82) is 0 Å². The van der Waals surface area contributed by atoms with Crippen LogP contribution in [0.1, 0.15) is 0 Å². The Morgan fingerprint density at radius 1 is 0.826 bits per heavy atom. The summed E-state index contributed by atoms with van der Waals surface area (Å²) in [6, 6.07) is 10.2. The minimum Gasteiger partial charge on any atom is -0.294 e. The molecule has 23 heavy (non-hydrogen) atoms. The van der Waals surface area contributed by atoms with E-state index in [-0.39, 0.29) is 5.82 Å². The van der Waals surface area contributed by atoms with E-state index in [4.69, 9.17) is 0 Å². The van der Waals surface area contributed by atoms with Crippen LogP contribution in [0.3, 0.4) is 0 Å². The van der Waals surface area contributed by atoms with Gasteiger partial charge in [-0.3, -0.25) is 14.4 Å². The van der Waals surface area contributed by atoms with Gasteiger partial charge in [-0.15, -0.1) is 0 Å². The van der Waals surface area contributed by atoms with E-state index in [1.165, 1.54) is 12.1 Å². The Morgan fingerprint density at radius 2 is 1.48 bits per heavy atom. The molecule has 0 unspecified atom stereocenters. The first-order valence-electron chi connectivity index (χ1n) is 6.92. The standard InChI is InChI=1S/C17H10FIN4/c18-13-4-1-11(2-5-13)16-17(21-8-7-20-16)12-3-6-15-22-9-14(19)23(15)10-12/h1-10H. The highest BCUT2D eigenvalue weighted by molar-refractivity contribution is 14.1. The van der Waals surface area contributed by atoms with Gasteiger partial charge >= 0.3 is 0 Å². The van der Waals surface area contributed by atoms with Crippen molar-refractivity contribution in [3.8, 4) is 22.5 Å². The molecule has 4 aromatic rings. The first-order chi connectivity index (χ1) is 11.2. The summed E-state index contributed by atoms with van der Waals surface area (Å²) in [7, 11) is 0. The second-order valence-corrected chi connectivity index (χ2v) is 6.09. The van der Waals surface area contributed by atoms with Crippen molar-refractivity contribution in [3.63, 3.8) is 0 Å². The van der Waals surface area contributed by atoms with Crippen molar-refractivity contribution >= 4 is 28.2 Å². The minimum atomic E-state index is -0.270. The molecule has 0 spiro atoms. The summed E-state index contributed by atoms with van der Waals surface area (Å²) in [6.07, 6.45) is 7.10. The van der Waals surface area contributed by atoms with Gasteiger partial charge in [-0.05, 0) is 59.0 Å². The van der Waals surface area contributed by atoms with Gasteiger partial charge in [-0.25, -0.2) is 9.37 Å². The molecule has 4 rings (SSSR count). The molecule has 0 radical (unpaired) electrons. The number of pyridine rings is 1. The smallest absolute Gasteiger partial charge is 0.137 e. The monoisotopic (exact) mass is 416 g/mol. The molecule has 0 amide bonds. The Balaban J connectivity index is 1.90. The van der Waals surface area contributed by atoms with Crippen LogP contribution in [0.2, 0.25) is 0 Å². The summed E-state index contributed by atoms with van der Waals surface area (Å²) in [5.74, 6) is -0.270. The number of aromatic nitrogens is 4. The van der Waals surface area contributed by atoms with Gasteiger partial charge in [0, 0.05) is 29.7 Å². The molecule has 6 heteroatoms. The van der Waals surface area contributed by atoms with E-state index < -0.39 is 0 Å². The largest absolute Gasteiger partial charge is 0.294 e. The van der Waals surface area contributed by atoms with Crippen molar-refractivity contribution in [2.24, 2.45) is 0 Å². The van der Waals surface area contributed by atoms with Gasteiger partial charge in [-0.2, -0.15) is 0 Å². The van der Waals surface area contributed by atoms with Crippen molar-refractivity contribution in [2.75, 3.05) is 0 Å². The molecule has 0 N–H and O–H groups in total. The molecule has 112 valence electrons. The molecule has 0 saturated heterocycles. The van der Waals surface area contributed by atoms with E-state index in [0.29, 0.717) is 0 Å². The van der Waals surface area contributed by atoms with Gasteiger partial charge in [0.05, 0.1) is 17.6 Å². The molecular weight excluding hydrogens is 406 g/mol. The number of hydrogen-bond donors (Lipinski definition) is 0. The fraction of sp³-hybridized carbons (Fsp3) is 0. The first kappa shape index (κ1) is 14.3. The highest BCUT2D eigenvalue weighted by Crippen LogP contribution is 2.28. The quantitative estimate of drug-likeness (QED) is 0.460. The van der Waals surface area contributed by atoms with Crippen LogP contribution in [-0.4, -0.2) is 19.4 Å². The van der Waals surface area contributed by atoms with Gasteiger partial charge in [-0.1, -0.05) is 0 Å². The number of fused-ring (bicyclic) bond motifs is 1. The summed E-state index contributed by atoms with van der Waals surface area (Å²) < 4.78 is 16.2. The zero-order valence-corrected chi connectivity index (χ0v) is 14.0. The van der Waals surface area contributed by atoms with Crippen molar-refractivity contribution < 1.29 is 4.39 Å². The summed E-state index contributed by atoms with van der Waals surface area (Å²) in [4.78, 5) is 13.2. The molecule has 0 aliphatic carbocycles. The number of halogens is 2. The fourth-order valence-corrected chi connectivity index (χ4v) is 2.98. The average molecular weight is 416 g/mol. The van der Waals surface area contributed by atoms with Crippen LogP contribution in [0.5, 0.6) is 0 Å². The molecule has 0 atom stereocenters. The SMILES string of the molecule is Fc1ccc(-c2nccnc2-c2ccc3ncc(I)n3c2)cc1. The lowest BCUT2D eigenvalue weighted by molar-refractivity contribution is 0.628. The van der Waals surface area contributed by atoms with Gasteiger partial charge in [0.25, 0.3) is 0 Å². The van der Waals surface area contributed by atoms with Crippen LogP contribution >= 0.6 is 22.6 Å². The molecule has 0 saturated carbocycles. The van der Waals surface area contributed by atoms with Gasteiger partial charge in [0.15, 0.2) is 0 Å². The van der Waals surface area contributed by atoms with Crippen molar-refractivity contribution in [3.05, 3.63) is 70.7 Å². The van der Waals surface area contributed by atoms with Crippen molar-refractivity contribution in [1.82, 2.24) is 19.4 Å². The maximum absolute atomic E-state index is 13.2. The highest BCUT2D eigenvalue weighted by Gasteiger charge is 2.12. The summed E-state index contributed by atoms with van der Waals surface area (Å²) >= 11 is 2.24. The maximum atomic E-state index is 13.2. The Labute approximate surface area is 145 Å². The second-order valence-electron chi connectivity index (χ2n) is 4.99. The van der Waals surface area contributed by atoms with Crippen LogP contribution in [0, 0.1) is 9.52 Å². The normalized spacial score (nSPS) is 11.0. The first-order valence-corrected chi connectivity index (χ1v) is 8.00. The predicted molar refractivity (Wildman–Crippen MR) is 94.3 cm³/mol. The third-order valence-corrected chi connectivity index (χ3v) is 4.35. The zero-order chi connectivity index (χ0) is 15.8. The lowest BCUT2D eigenvalue weighted by Crippen LogP contribution is -1.95. The van der Waals surface area contributed by atoms with Crippen LogP contribution in [0.25, 0.3) is 28.2 Å². The minimum absolute atomic E-state index is 0.270. The number of nitrogens with zero attached hydrogens (tertiary/aromatic N) is 4. The number of rotatable bonds is 2. The summed E-state index contributed by atoms with van der Waals surface area (Å²) in [5.41, 5.74) is 4.12. The molecule has 0 aliphatic heterocycles. The molecule has 0 aliphatic rings. The Bertz CT molecular complexity index is 995. The van der Waals surface area contributed by atoms with Crippen LogP contribution in [-0.2, 0) is 0 Å². The van der Waals surface area contributed by atoms with E-state index in [0.717, 1.165) is 31.9 Å². The Hall–Kier alpha value is -2.35. The molecule has 0 bridgehead atoms. The molecule has 3 aromatic heterocycles. The fourth-order valence-electron chi connectivity index (χ4n) is 2.46. The summed E-state index contributed by atoms with van der Waals surface area (Å²) in [6.45, 7) is 0. The molecule has 0 fully saturated rings. The highest BCUT2D eigenvalue weighted by atomic mass is 127. The number of hydrogen-bond acceptors (Lipinski definition) is 3. The van der Waals surface area contributed by atoms with E-state index in [1.54, 1.807) is 24.5 Å². The average Bonchev–Trinajstić information content (AvgIpc) is 2.96. The van der Waals surface area contributed by atoms with Crippen molar-refractivity contribution in [2.45, 2.75) is 0 Å². The van der Waals surface area contributed by atoms with E-state index >= 15 is 0 Å². The third-order valence-electron chi connectivity index (χ3n) is 3.55.